The average Bonchev–Trinajstić information content (AvgIpc) is 2.82. The summed E-state index contributed by atoms with van der Waals surface area (Å²) in [6.45, 7) is 2.86. The lowest BCUT2D eigenvalue weighted by Crippen LogP contribution is -2.46. The normalized spacial score (nSPS) is 29.9. The summed E-state index contributed by atoms with van der Waals surface area (Å²) in [6.07, 6.45) is 7.01. The fourth-order valence-electron chi connectivity index (χ4n) is 2.69. The van der Waals surface area contributed by atoms with Crippen LogP contribution in [0.3, 0.4) is 0 Å². The highest BCUT2D eigenvalue weighted by molar-refractivity contribution is 5.76. The summed E-state index contributed by atoms with van der Waals surface area (Å²) in [5, 5.41) is 3.55. The van der Waals surface area contributed by atoms with Gasteiger partial charge in [-0.1, -0.05) is 0 Å². The number of carbonyl (C=O) groups excluding carboxylic acids is 1. The second-order valence-corrected chi connectivity index (χ2v) is 5.24. The lowest BCUT2D eigenvalue weighted by molar-refractivity contribution is -0.132. The van der Waals surface area contributed by atoms with Gasteiger partial charge < -0.3 is 15.0 Å². The first-order valence-corrected chi connectivity index (χ1v) is 6.84. The van der Waals surface area contributed by atoms with Crippen molar-refractivity contribution in [3.8, 4) is 0 Å². The Morgan fingerprint density at radius 1 is 1.47 bits per heavy atom. The molecule has 2 fully saturated rings. The van der Waals surface area contributed by atoms with E-state index in [9.17, 15) is 4.79 Å². The fraction of sp³-hybridized carbons (Fsp3) is 0.923. The molecule has 0 aromatic heterocycles. The number of nitrogens with one attached hydrogen (secondary N) is 1. The molecule has 1 amide bonds. The van der Waals surface area contributed by atoms with Crippen molar-refractivity contribution in [3.05, 3.63) is 0 Å². The molecule has 0 radical (unpaired) electrons. The quantitative estimate of drug-likeness (QED) is 0.733. The summed E-state index contributed by atoms with van der Waals surface area (Å²) in [7, 11) is 1.89. The third-order valence-corrected chi connectivity index (χ3v) is 3.79. The molecule has 1 N–H and O–H groups in total. The molecule has 98 valence electrons. The minimum atomic E-state index is 0.280. The van der Waals surface area contributed by atoms with Gasteiger partial charge >= 0.3 is 0 Å². The number of amides is 1. The number of nitrogens with zero attached hydrogens (tertiary/aromatic N) is 1. The van der Waals surface area contributed by atoms with E-state index < -0.39 is 0 Å². The molecule has 2 unspecified atom stereocenters. The molecule has 2 aliphatic heterocycles. The number of piperidine rings is 1. The predicted molar refractivity (Wildman–Crippen MR) is 66.9 cm³/mol. The Morgan fingerprint density at radius 2 is 2.35 bits per heavy atom. The Kier molecular flexibility index (Phi) is 4.80. The molecule has 0 aromatic rings. The summed E-state index contributed by atoms with van der Waals surface area (Å²) < 4.78 is 5.60. The molecule has 0 spiro atoms. The average molecular weight is 240 g/mol. The number of hydrogen-bond acceptors (Lipinski definition) is 3. The third kappa shape index (κ3) is 3.96. The molecule has 4 nitrogen and oxygen atoms in total. The van der Waals surface area contributed by atoms with Gasteiger partial charge in [0, 0.05) is 32.7 Å². The van der Waals surface area contributed by atoms with Crippen LogP contribution in [0.5, 0.6) is 0 Å². The van der Waals surface area contributed by atoms with Crippen molar-refractivity contribution in [1.29, 1.82) is 0 Å². The molecule has 0 bridgehead atoms. The van der Waals surface area contributed by atoms with Gasteiger partial charge in [-0.05, 0) is 38.6 Å². The molecule has 2 saturated heterocycles. The van der Waals surface area contributed by atoms with Gasteiger partial charge in [-0.2, -0.15) is 0 Å². The highest BCUT2D eigenvalue weighted by Crippen LogP contribution is 2.16. The Balaban J connectivity index is 1.54. The smallest absolute Gasteiger partial charge is 0.222 e. The number of likely N-dealkylation sites (tertiary alicyclic amines) is 1. The first-order chi connectivity index (χ1) is 8.25. The number of ether oxygens (including phenoxy) is 1. The van der Waals surface area contributed by atoms with Crippen molar-refractivity contribution in [3.63, 3.8) is 0 Å². The number of likely N-dealkylation sites (N-methyl/N-ethyl adjacent to an activating group) is 1. The van der Waals surface area contributed by atoms with E-state index in [1.165, 1.54) is 25.7 Å². The summed E-state index contributed by atoms with van der Waals surface area (Å²) in [4.78, 5) is 13.2. The molecule has 2 aliphatic rings. The highest BCUT2D eigenvalue weighted by atomic mass is 16.5. The van der Waals surface area contributed by atoms with Gasteiger partial charge in [0.05, 0.1) is 6.10 Å². The second kappa shape index (κ2) is 6.36. The Bertz CT molecular complexity index is 252. The van der Waals surface area contributed by atoms with Crippen molar-refractivity contribution in [2.45, 2.75) is 50.7 Å². The lowest BCUT2D eigenvalue weighted by atomic mass is 10.1. The van der Waals surface area contributed by atoms with Crippen LogP contribution in [0.2, 0.25) is 0 Å². The lowest BCUT2D eigenvalue weighted by Gasteiger charge is -2.30. The Labute approximate surface area is 104 Å². The Hall–Kier alpha value is -0.610. The zero-order valence-electron chi connectivity index (χ0n) is 10.8. The Morgan fingerprint density at radius 3 is 3.06 bits per heavy atom. The number of carbonyl (C=O) groups is 1. The predicted octanol–water partition coefficient (Wildman–Crippen LogP) is 1.16. The van der Waals surface area contributed by atoms with Crippen molar-refractivity contribution in [2.24, 2.45) is 0 Å². The third-order valence-electron chi connectivity index (χ3n) is 3.79. The van der Waals surface area contributed by atoms with E-state index >= 15 is 0 Å². The molecule has 2 rings (SSSR count). The van der Waals surface area contributed by atoms with Gasteiger partial charge in [-0.3, -0.25) is 4.79 Å². The minimum Gasteiger partial charge on any atom is -0.378 e. The van der Waals surface area contributed by atoms with Gasteiger partial charge in [0.15, 0.2) is 0 Å². The molecule has 17 heavy (non-hydrogen) atoms. The fourth-order valence-corrected chi connectivity index (χ4v) is 2.69. The zero-order valence-corrected chi connectivity index (χ0v) is 10.8. The van der Waals surface area contributed by atoms with E-state index in [0.29, 0.717) is 18.6 Å². The van der Waals surface area contributed by atoms with Gasteiger partial charge in [0.2, 0.25) is 5.91 Å². The van der Waals surface area contributed by atoms with Gasteiger partial charge in [-0.25, -0.2) is 0 Å². The van der Waals surface area contributed by atoms with Crippen LogP contribution < -0.4 is 5.32 Å². The van der Waals surface area contributed by atoms with Crippen LogP contribution in [0.4, 0.5) is 0 Å². The highest BCUT2D eigenvalue weighted by Gasteiger charge is 2.22. The molecule has 2 atom stereocenters. The molecular weight excluding hydrogens is 216 g/mol. The maximum atomic E-state index is 11.3. The van der Waals surface area contributed by atoms with E-state index in [0.717, 1.165) is 26.1 Å². The van der Waals surface area contributed by atoms with E-state index in [-0.39, 0.29) is 5.91 Å². The topological polar surface area (TPSA) is 41.6 Å². The summed E-state index contributed by atoms with van der Waals surface area (Å²) >= 11 is 0. The van der Waals surface area contributed by atoms with Crippen molar-refractivity contribution in [1.82, 2.24) is 10.2 Å². The molecule has 0 aliphatic carbocycles. The summed E-state index contributed by atoms with van der Waals surface area (Å²) in [6, 6.07) is 0.488. The standard InChI is InChI=1S/C13H24N2O2/c1-15-10-11(6-7-13(15)16)14-8-2-4-12-5-3-9-17-12/h11-12,14H,2-10H2,1H3. The second-order valence-electron chi connectivity index (χ2n) is 5.24. The molecule has 2 heterocycles. The maximum absolute atomic E-state index is 11.3. The van der Waals surface area contributed by atoms with Crippen LogP contribution in [0.25, 0.3) is 0 Å². The first-order valence-electron chi connectivity index (χ1n) is 6.84. The largest absolute Gasteiger partial charge is 0.378 e. The number of hydrogen-bond donors (Lipinski definition) is 1. The van der Waals surface area contributed by atoms with Crippen LogP contribution in [-0.2, 0) is 9.53 Å². The summed E-state index contributed by atoms with van der Waals surface area (Å²) in [5.41, 5.74) is 0. The first kappa shape index (κ1) is 12.8. The van der Waals surface area contributed by atoms with Crippen molar-refractivity contribution >= 4 is 5.91 Å². The van der Waals surface area contributed by atoms with Crippen LogP contribution in [-0.4, -0.2) is 49.7 Å². The van der Waals surface area contributed by atoms with Crippen molar-refractivity contribution in [2.75, 3.05) is 26.7 Å². The van der Waals surface area contributed by atoms with E-state index in [1.54, 1.807) is 0 Å². The van der Waals surface area contributed by atoms with Gasteiger partial charge in [0.25, 0.3) is 0 Å². The van der Waals surface area contributed by atoms with Gasteiger partial charge in [-0.15, -0.1) is 0 Å². The van der Waals surface area contributed by atoms with Crippen LogP contribution in [0, 0.1) is 0 Å². The molecular formula is C13H24N2O2. The molecule has 0 saturated carbocycles. The van der Waals surface area contributed by atoms with E-state index in [2.05, 4.69) is 5.32 Å². The zero-order chi connectivity index (χ0) is 12.1. The maximum Gasteiger partial charge on any atom is 0.222 e. The van der Waals surface area contributed by atoms with Crippen LogP contribution >= 0.6 is 0 Å². The number of rotatable bonds is 5. The summed E-state index contributed by atoms with van der Waals surface area (Å²) in [5.74, 6) is 0.280. The van der Waals surface area contributed by atoms with Crippen molar-refractivity contribution < 1.29 is 9.53 Å². The van der Waals surface area contributed by atoms with Gasteiger partial charge in [0.1, 0.15) is 0 Å². The SMILES string of the molecule is CN1CC(NCCCC2CCCO2)CCC1=O. The molecule has 4 heteroatoms. The minimum absolute atomic E-state index is 0.280. The monoisotopic (exact) mass is 240 g/mol. The van der Waals surface area contributed by atoms with E-state index in [4.69, 9.17) is 4.74 Å². The van der Waals surface area contributed by atoms with Crippen LogP contribution in [0.1, 0.15) is 38.5 Å². The van der Waals surface area contributed by atoms with Crippen LogP contribution in [0.15, 0.2) is 0 Å². The molecule has 0 aromatic carbocycles. The van der Waals surface area contributed by atoms with E-state index in [1.807, 2.05) is 11.9 Å².